The number of hydrogen-bond donors (Lipinski definition) is 0. The monoisotopic (exact) mass is 482 g/mol. The van der Waals surface area contributed by atoms with Crippen LogP contribution in [-0.2, 0) is 4.74 Å². The van der Waals surface area contributed by atoms with Crippen LogP contribution in [0, 0.1) is 23.7 Å². The van der Waals surface area contributed by atoms with E-state index in [2.05, 4.69) is 87.8 Å². The molecule has 0 aromatic rings. The van der Waals surface area contributed by atoms with Crippen LogP contribution in [0.25, 0.3) is 0 Å². The lowest BCUT2D eigenvalue weighted by atomic mass is 9.86. The highest BCUT2D eigenvalue weighted by Crippen LogP contribution is 2.44. The minimum atomic E-state index is 0.0778. The van der Waals surface area contributed by atoms with Crippen molar-refractivity contribution in [3.05, 3.63) is 60.3 Å². The van der Waals surface area contributed by atoms with E-state index in [0.29, 0.717) is 29.8 Å². The topological polar surface area (TPSA) is 12.5 Å². The number of epoxide rings is 1. The second-order valence-corrected chi connectivity index (χ2v) is 12.3. The quantitative estimate of drug-likeness (QED) is 0.132. The normalized spacial score (nSPS) is 23.3. The number of hydrogen-bond acceptors (Lipinski definition) is 1. The second kappa shape index (κ2) is 15.0. The third-order valence-corrected chi connectivity index (χ3v) is 8.88. The Morgan fingerprint density at radius 3 is 1.69 bits per heavy atom. The minimum absolute atomic E-state index is 0.0778. The van der Waals surface area contributed by atoms with Gasteiger partial charge in [-0.05, 0) is 116 Å². The highest BCUT2D eigenvalue weighted by Gasteiger charge is 2.50. The molecule has 200 valence electrons. The third kappa shape index (κ3) is 12.0. The summed E-state index contributed by atoms with van der Waals surface area (Å²) >= 11 is 0. The standard InChI is InChI=1S/C34H58O/c1-24(2)27(6)18-20-30(9)29(8)17-16-26(5)14-13-15-33-34(12,35-33)23-22-32(11)31(10)21-19-28(7)25(3)4/h14,27-29,32-33H,1,3,9-10,13,15-23H2,2,4-8,11-12H3/b26-14+/t27-,28+,29+,32+,33+,34-/m0/s1. The second-order valence-electron chi connectivity index (χ2n) is 12.3. The smallest absolute Gasteiger partial charge is 0.0920 e. The summed E-state index contributed by atoms with van der Waals surface area (Å²) in [7, 11) is 0. The summed E-state index contributed by atoms with van der Waals surface area (Å²) < 4.78 is 6.15. The molecule has 0 aromatic carbocycles. The first-order valence-electron chi connectivity index (χ1n) is 14.3. The van der Waals surface area contributed by atoms with Crippen molar-refractivity contribution in [2.45, 2.75) is 131 Å². The molecule has 0 unspecified atom stereocenters. The molecular weight excluding hydrogens is 424 g/mol. The molecule has 1 aliphatic rings. The molecule has 1 aliphatic heterocycles. The molecule has 35 heavy (non-hydrogen) atoms. The minimum Gasteiger partial charge on any atom is -0.366 e. The summed E-state index contributed by atoms with van der Waals surface area (Å²) in [4.78, 5) is 0. The van der Waals surface area contributed by atoms with Gasteiger partial charge in [-0.25, -0.2) is 0 Å². The van der Waals surface area contributed by atoms with Crippen molar-refractivity contribution in [1.29, 1.82) is 0 Å². The zero-order valence-electron chi connectivity index (χ0n) is 24.8. The Morgan fingerprint density at radius 1 is 0.743 bits per heavy atom. The van der Waals surface area contributed by atoms with Crippen molar-refractivity contribution in [3.8, 4) is 0 Å². The van der Waals surface area contributed by atoms with E-state index in [1.54, 1.807) is 0 Å². The maximum Gasteiger partial charge on any atom is 0.0920 e. The van der Waals surface area contributed by atoms with Crippen LogP contribution in [0.5, 0.6) is 0 Å². The highest BCUT2D eigenvalue weighted by atomic mass is 16.6. The van der Waals surface area contributed by atoms with Gasteiger partial charge in [0, 0.05) is 0 Å². The fourth-order valence-electron chi connectivity index (χ4n) is 4.60. The van der Waals surface area contributed by atoms with Crippen molar-refractivity contribution in [2.75, 3.05) is 0 Å². The van der Waals surface area contributed by atoms with E-state index in [-0.39, 0.29) is 5.60 Å². The van der Waals surface area contributed by atoms with E-state index in [1.807, 2.05) is 0 Å². The first kappa shape index (κ1) is 31.7. The van der Waals surface area contributed by atoms with Gasteiger partial charge in [0.05, 0.1) is 11.7 Å². The lowest BCUT2D eigenvalue weighted by molar-refractivity contribution is 0.283. The maximum absolute atomic E-state index is 6.15. The molecule has 1 saturated heterocycles. The average Bonchev–Trinajstić information content (AvgIpc) is 3.46. The van der Waals surface area contributed by atoms with Crippen LogP contribution in [-0.4, -0.2) is 11.7 Å². The third-order valence-electron chi connectivity index (χ3n) is 8.88. The van der Waals surface area contributed by atoms with Gasteiger partial charge in [0.15, 0.2) is 0 Å². The van der Waals surface area contributed by atoms with E-state index in [1.165, 1.54) is 60.0 Å². The van der Waals surface area contributed by atoms with Crippen LogP contribution in [0.15, 0.2) is 60.3 Å². The first-order chi connectivity index (χ1) is 16.3. The summed E-state index contributed by atoms with van der Waals surface area (Å²) in [5.41, 5.74) is 6.93. The van der Waals surface area contributed by atoms with Crippen LogP contribution < -0.4 is 0 Å². The molecule has 0 bridgehead atoms. The van der Waals surface area contributed by atoms with Gasteiger partial charge in [0.2, 0.25) is 0 Å². The molecule has 0 aromatic heterocycles. The van der Waals surface area contributed by atoms with Crippen LogP contribution in [0.3, 0.4) is 0 Å². The molecule has 1 fully saturated rings. The van der Waals surface area contributed by atoms with Crippen LogP contribution >= 0.6 is 0 Å². The molecule has 6 atom stereocenters. The molecule has 0 spiro atoms. The summed E-state index contributed by atoms with van der Waals surface area (Å²) in [6, 6.07) is 0. The number of ether oxygens (including phenoxy) is 1. The molecule has 1 nitrogen and oxygen atoms in total. The van der Waals surface area contributed by atoms with Crippen molar-refractivity contribution in [2.24, 2.45) is 23.7 Å². The highest BCUT2D eigenvalue weighted by molar-refractivity contribution is 5.07. The molecular formula is C34H58O. The Labute approximate surface area is 219 Å². The summed E-state index contributed by atoms with van der Waals surface area (Å²) in [6.45, 7) is 35.0. The van der Waals surface area contributed by atoms with Gasteiger partial charge in [-0.1, -0.05) is 88.0 Å². The van der Waals surface area contributed by atoms with Crippen LogP contribution in [0.2, 0.25) is 0 Å². The van der Waals surface area contributed by atoms with Crippen molar-refractivity contribution in [1.82, 2.24) is 0 Å². The molecule has 0 aliphatic carbocycles. The number of allylic oxidation sites excluding steroid dienone is 6. The summed E-state index contributed by atoms with van der Waals surface area (Å²) in [6.07, 6.45) is 14.4. The van der Waals surface area contributed by atoms with Crippen LogP contribution in [0.1, 0.15) is 120 Å². The zero-order chi connectivity index (χ0) is 26.8. The maximum atomic E-state index is 6.15. The van der Waals surface area contributed by atoms with Crippen molar-refractivity contribution < 1.29 is 4.74 Å². The first-order valence-corrected chi connectivity index (χ1v) is 14.3. The average molecular weight is 483 g/mol. The van der Waals surface area contributed by atoms with Gasteiger partial charge in [0.25, 0.3) is 0 Å². The Kier molecular flexibility index (Phi) is 13.6. The molecule has 0 amide bonds. The van der Waals surface area contributed by atoms with Gasteiger partial charge >= 0.3 is 0 Å². The van der Waals surface area contributed by atoms with Gasteiger partial charge in [-0.15, -0.1) is 0 Å². The summed E-state index contributed by atoms with van der Waals surface area (Å²) in [5.74, 6) is 2.33. The zero-order valence-corrected chi connectivity index (χ0v) is 24.8. The van der Waals surface area contributed by atoms with Crippen molar-refractivity contribution in [3.63, 3.8) is 0 Å². The lowest BCUT2D eigenvalue weighted by Gasteiger charge is -2.18. The van der Waals surface area contributed by atoms with Gasteiger partial charge in [0.1, 0.15) is 0 Å². The fourth-order valence-corrected chi connectivity index (χ4v) is 4.60. The largest absolute Gasteiger partial charge is 0.366 e. The van der Waals surface area contributed by atoms with Gasteiger partial charge < -0.3 is 4.74 Å². The molecule has 1 heteroatoms. The van der Waals surface area contributed by atoms with E-state index >= 15 is 0 Å². The SMILES string of the molecule is C=C(C)[C@H](C)CCC(=C)[C@H](C)CC[C@]1(C)O[C@@H]1CC/C=C(\C)CC[C@@H](C)C(=C)CC[C@H](C)C(=C)C. The molecule has 1 rings (SSSR count). The lowest BCUT2D eigenvalue weighted by Crippen LogP contribution is -2.13. The molecule has 1 heterocycles. The molecule has 0 radical (unpaired) electrons. The predicted octanol–water partition coefficient (Wildman–Crippen LogP) is 10.8. The fraction of sp³-hybridized carbons (Fsp3) is 0.706. The molecule has 0 N–H and O–H groups in total. The molecule has 0 saturated carbocycles. The van der Waals surface area contributed by atoms with E-state index in [9.17, 15) is 0 Å². The Morgan fingerprint density at radius 2 is 1.20 bits per heavy atom. The van der Waals surface area contributed by atoms with E-state index < -0.39 is 0 Å². The number of rotatable bonds is 19. The van der Waals surface area contributed by atoms with E-state index in [0.717, 1.165) is 32.1 Å². The Hall–Kier alpha value is -1.34. The van der Waals surface area contributed by atoms with Crippen LogP contribution in [0.4, 0.5) is 0 Å². The van der Waals surface area contributed by atoms with Gasteiger partial charge in [-0.2, -0.15) is 0 Å². The van der Waals surface area contributed by atoms with Crippen molar-refractivity contribution >= 4 is 0 Å². The summed E-state index contributed by atoms with van der Waals surface area (Å²) in [5, 5.41) is 0. The van der Waals surface area contributed by atoms with Gasteiger partial charge in [-0.3, -0.25) is 0 Å². The van der Waals surface area contributed by atoms with E-state index in [4.69, 9.17) is 4.74 Å². The Bertz CT molecular complexity index is 753. The predicted molar refractivity (Wildman–Crippen MR) is 158 cm³/mol. The Balaban J connectivity index is 2.26.